The van der Waals surface area contributed by atoms with Crippen LogP contribution in [0.15, 0.2) is 54.6 Å². The van der Waals surface area contributed by atoms with Crippen LogP contribution >= 0.6 is 7.82 Å². The molecule has 28 heavy (non-hydrogen) atoms. The smallest absolute Gasteiger partial charge is 0.386 e. The Labute approximate surface area is 165 Å². The zero-order valence-corrected chi connectivity index (χ0v) is 17.4. The average molecular weight is 394 g/mol. The summed E-state index contributed by atoms with van der Waals surface area (Å²) in [5.74, 6) is 1.60. The minimum absolute atomic E-state index is 0.486. The van der Waals surface area contributed by atoms with Crippen molar-refractivity contribution in [2.24, 2.45) is 0 Å². The third-order valence-corrected chi connectivity index (χ3v) is 6.15. The second-order valence-corrected chi connectivity index (χ2v) is 8.74. The quantitative estimate of drug-likeness (QED) is 0.467. The van der Waals surface area contributed by atoms with Crippen molar-refractivity contribution in [3.05, 3.63) is 88.0 Å². The fraction of sp³-hybridized carbons (Fsp3) is 0.217. The van der Waals surface area contributed by atoms with E-state index < -0.39 is 7.82 Å². The van der Waals surface area contributed by atoms with E-state index in [2.05, 4.69) is 0 Å². The Bertz CT molecular complexity index is 1050. The molecule has 1 aliphatic rings. The van der Waals surface area contributed by atoms with Crippen LogP contribution in [0.3, 0.4) is 0 Å². The maximum Gasteiger partial charge on any atom is 0.647 e. The summed E-state index contributed by atoms with van der Waals surface area (Å²) in [4.78, 5) is 0. The van der Waals surface area contributed by atoms with Crippen molar-refractivity contribution in [1.29, 1.82) is 0 Å². The van der Waals surface area contributed by atoms with E-state index in [1.807, 2.05) is 76.2 Å². The Morgan fingerprint density at radius 1 is 0.786 bits per heavy atom. The van der Waals surface area contributed by atoms with Crippen LogP contribution in [0.2, 0.25) is 0 Å². The third-order valence-electron chi connectivity index (χ3n) is 4.91. The molecular weight excluding hydrogens is 371 g/mol. The number of para-hydroxylation sites is 2. The van der Waals surface area contributed by atoms with Crippen LogP contribution in [0.1, 0.15) is 33.4 Å². The van der Waals surface area contributed by atoms with Crippen LogP contribution in [0.25, 0.3) is 0 Å². The highest BCUT2D eigenvalue weighted by Crippen LogP contribution is 2.54. The summed E-state index contributed by atoms with van der Waals surface area (Å²) < 4.78 is 31.6. The highest BCUT2D eigenvalue weighted by molar-refractivity contribution is 7.49. The number of aryl methyl sites for hydroxylation is 4. The molecule has 1 heterocycles. The topological polar surface area (TPSA) is 44.8 Å². The van der Waals surface area contributed by atoms with Crippen molar-refractivity contribution in [2.45, 2.75) is 34.1 Å². The highest BCUT2D eigenvalue weighted by Gasteiger charge is 2.37. The van der Waals surface area contributed by atoms with Gasteiger partial charge >= 0.3 is 7.82 Å². The third kappa shape index (κ3) is 3.53. The summed E-state index contributed by atoms with van der Waals surface area (Å²) >= 11 is 0. The predicted molar refractivity (Wildman–Crippen MR) is 111 cm³/mol. The van der Waals surface area contributed by atoms with E-state index in [1.54, 1.807) is 6.07 Å². The van der Waals surface area contributed by atoms with Gasteiger partial charge in [-0.15, -0.1) is 0 Å². The zero-order chi connectivity index (χ0) is 19.9. The molecule has 0 amide bonds. The number of rotatable bonds is 2. The SMILES string of the molecule is Cc1ccc(OP2(=O)Oc3c(C)cccc3Cc3cccc(C)c3O2)c(C)c1. The summed E-state index contributed by atoms with van der Waals surface area (Å²) in [6.07, 6.45) is 0.636. The van der Waals surface area contributed by atoms with Crippen molar-refractivity contribution in [2.75, 3.05) is 0 Å². The molecule has 0 fully saturated rings. The van der Waals surface area contributed by atoms with Crippen molar-refractivity contribution in [3.63, 3.8) is 0 Å². The lowest BCUT2D eigenvalue weighted by atomic mass is 9.99. The second-order valence-electron chi connectivity index (χ2n) is 7.29. The fourth-order valence-corrected chi connectivity index (χ4v) is 5.00. The van der Waals surface area contributed by atoms with Crippen LogP contribution < -0.4 is 13.6 Å². The largest absolute Gasteiger partial charge is 0.647 e. The van der Waals surface area contributed by atoms with E-state index in [9.17, 15) is 4.57 Å². The number of hydrogen-bond donors (Lipinski definition) is 0. The highest BCUT2D eigenvalue weighted by atomic mass is 31.2. The number of phosphoric acid groups is 1. The Morgan fingerprint density at radius 3 is 1.89 bits per heavy atom. The number of phosphoric ester groups is 1. The normalized spacial score (nSPS) is 14.6. The molecule has 0 N–H and O–H groups in total. The van der Waals surface area contributed by atoms with E-state index >= 15 is 0 Å². The molecule has 0 bridgehead atoms. The second kappa shape index (κ2) is 7.03. The number of benzene rings is 3. The number of fused-ring (bicyclic) bond motifs is 2. The summed E-state index contributed by atoms with van der Waals surface area (Å²) in [7, 11) is -3.97. The average Bonchev–Trinajstić information content (AvgIpc) is 2.62. The lowest BCUT2D eigenvalue weighted by Crippen LogP contribution is -2.14. The van der Waals surface area contributed by atoms with Crippen molar-refractivity contribution in [3.8, 4) is 17.2 Å². The molecule has 0 aliphatic carbocycles. The molecule has 0 atom stereocenters. The van der Waals surface area contributed by atoms with Crippen LogP contribution in [-0.4, -0.2) is 0 Å². The van der Waals surface area contributed by atoms with Crippen LogP contribution in [0, 0.1) is 27.7 Å². The maximum atomic E-state index is 13.8. The predicted octanol–water partition coefficient (Wildman–Crippen LogP) is 6.47. The van der Waals surface area contributed by atoms with Gasteiger partial charge in [-0.25, -0.2) is 0 Å². The first-order chi connectivity index (χ1) is 13.3. The van der Waals surface area contributed by atoms with Gasteiger partial charge in [0.05, 0.1) is 0 Å². The molecule has 3 aromatic carbocycles. The van der Waals surface area contributed by atoms with Crippen LogP contribution in [-0.2, 0) is 11.0 Å². The van der Waals surface area contributed by atoms with Gasteiger partial charge < -0.3 is 13.6 Å². The standard InChI is InChI=1S/C23H23O4P/c1-15-11-12-21(18(4)13-15)25-28(24)26-22-16(2)7-5-9-19(22)14-20-10-6-8-17(3)23(20)27-28/h5-13H,14H2,1-4H3. The Morgan fingerprint density at radius 2 is 1.36 bits per heavy atom. The fourth-order valence-electron chi connectivity index (χ4n) is 3.47. The molecule has 0 unspecified atom stereocenters. The molecule has 1 aliphatic heterocycles. The van der Waals surface area contributed by atoms with E-state index in [0.717, 1.165) is 33.4 Å². The Hall–Kier alpha value is -2.71. The van der Waals surface area contributed by atoms with E-state index in [0.29, 0.717) is 23.7 Å². The molecule has 0 aromatic heterocycles. The first kappa shape index (κ1) is 18.6. The summed E-state index contributed by atoms with van der Waals surface area (Å²) in [5.41, 5.74) is 5.67. The first-order valence-corrected chi connectivity index (χ1v) is 10.7. The van der Waals surface area contributed by atoms with Gasteiger partial charge in [0.15, 0.2) is 0 Å². The monoisotopic (exact) mass is 394 g/mol. The van der Waals surface area contributed by atoms with Gasteiger partial charge in [0.1, 0.15) is 17.2 Å². The molecule has 5 heteroatoms. The van der Waals surface area contributed by atoms with E-state index in [1.165, 1.54) is 0 Å². The molecule has 3 aromatic rings. The zero-order valence-electron chi connectivity index (χ0n) is 16.5. The van der Waals surface area contributed by atoms with Crippen molar-refractivity contribution >= 4 is 7.82 Å². The molecule has 144 valence electrons. The summed E-state index contributed by atoms with van der Waals surface area (Å²) in [6.45, 7) is 7.77. The van der Waals surface area contributed by atoms with Gasteiger partial charge in [-0.05, 0) is 61.6 Å². The summed E-state index contributed by atoms with van der Waals surface area (Å²) in [6, 6.07) is 17.5. The Balaban J connectivity index is 1.85. The maximum absolute atomic E-state index is 13.8. The van der Waals surface area contributed by atoms with Crippen LogP contribution in [0.5, 0.6) is 17.2 Å². The van der Waals surface area contributed by atoms with E-state index in [-0.39, 0.29) is 0 Å². The summed E-state index contributed by atoms with van der Waals surface area (Å²) in [5, 5.41) is 0. The van der Waals surface area contributed by atoms with Crippen molar-refractivity contribution in [1.82, 2.24) is 0 Å². The van der Waals surface area contributed by atoms with Crippen LogP contribution in [0.4, 0.5) is 0 Å². The van der Waals surface area contributed by atoms with Gasteiger partial charge in [-0.1, -0.05) is 54.1 Å². The molecule has 0 spiro atoms. The Kier molecular flexibility index (Phi) is 4.68. The van der Waals surface area contributed by atoms with Gasteiger partial charge in [0, 0.05) is 6.42 Å². The van der Waals surface area contributed by atoms with Gasteiger partial charge in [0.25, 0.3) is 0 Å². The van der Waals surface area contributed by atoms with Gasteiger partial charge in [-0.3, -0.25) is 0 Å². The number of hydrogen-bond acceptors (Lipinski definition) is 4. The first-order valence-electron chi connectivity index (χ1n) is 9.28. The molecule has 0 saturated heterocycles. The molecule has 4 rings (SSSR count). The molecule has 4 nitrogen and oxygen atoms in total. The molecule has 0 radical (unpaired) electrons. The molecular formula is C23H23O4P. The minimum Gasteiger partial charge on any atom is -0.386 e. The van der Waals surface area contributed by atoms with Crippen molar-refractivity contribution < 1.29 is 18.1 Å². The molecule has 0 saturated carbocycles. The van der Waals surface area contributed by atoms with Gasteiger partial charge in [0.2, 0.25) is 0 Å². The minimum atomic E-state index is -3.97. The lowest BCUT2D eigenvalue weighted by molar-refractivity contribution is 0.292. The van der Waals surface area contributed by atoms with Gasteiger partial charge in [-0.2, -0.15) is 4.57 Å². The lowest BCUT2D eigenvalue weighted by Gasteiger charge is -2.26. The van der Waals surface area contributed by atoms with E-state index in [4.69, 9.17) is 13.6 Å².